The van der Waals surface area contributed by atoms with Crippen LogP contribution in [0.5, 0.6) is 0 Å². The van der Waals surface area contributed by atoms with E-state index < -0.39 is 18.1 Å². The minimum atomic E-state index is -1.17. The largest absolute Gasteiger partial charge is 0.480 e. The van der Waals surface area contributed by atoms with Gasteiger partial charge in [-0.3, -0.25) is 14.5 Å². The molecule has 0 bridgehead atoms. The predicted molar refractivity (Wildman–Crippen MR) is 100 cm³/mol. The highest BCUT2D eigenvalue weighted by atomic mass is 16.5. The zero-order valence-corrected chi connectivity index (χ0v) is 15.7. The van der Waals surface area contributed by atoms with Crippen LogP contribution in [0.2, 0.25) is 0 Å². The summed E-state index contributed by atoms with van der Waals surface area (Å²) in [4.78, 5) is 43.7. The number of likely N-dealkylation sites (tertiary alicyclic amines) is 1. The molecule has 1 fully saturated rings. The molecule has 0 aliphatic carbocycles. The van der Waals surface area contributed by atoms with Gasteiger partial charge in [0.1, 0.15) is 13.2 Å². The first-order valence-electron chi connectivity index (χ1n) is 9.12. The van der Waals surface area contributed by atoms with E-state index in [0.717, 1.165) is 5.56 Å². The van der Waals surface area contributed by atoms with E-state index in [0.29, 0.717) is 25.9 Å². The third kappa shape index (κ3) is 3.57. The molecule has 3 N–H and O–H groups in total. The maximum Gasteiger partial charge on any atom is 0.329 e. The number of hydrogen-bond acceptors (Lipinski definition) is 6. The van der Waals surface area contributed by atoms with Crippen LogP contribution < -0.4 is 5.73 Å². The lowest BCUT2D eigenvalue weighted by Gasteiger charge is -2.40. The van der Waals surface area contributed by atoms with Crippen LogP contribution in [0.25, 0.3) is 0 Å². The van der Waals surface area contributed by atoms with Crippen molar-refractivity contribution in [3.05, 3.63) is 35.9 Å². The van der Waals surface area contributed by atoms with Gasteiger partial charge in [-0.1, -0.05) is 30.3 Å². The van der Waals surface area contributed by atoms with Gasteiger partial charge in [0.05, 0.1) is 0 Å². The number of aliphatic carboxylic acids is 1. The highest BCUT2D eigenvalue weighted by Crippen LogP contribution is 2.43. The minimum Gasteiger partial charge on any atom is -0.480 e. The van der Waals surface area contributed by atoms with E-state index >= 15 is 0 Å². The van der Waals surface area contributed by atoms with Crippen molar-refractivity contribution < 1.29 is 24.2 Å². The monoisotopic (exact) mass is 388 g/mol. The van der Waals surface area contributed by atoms with Gasteiger partial charge in [-0.2, -0.15) is 0 Å². The summed E-state index contributed by atoms with van der Waals surface area (Å²) in [6.45, 7) is 0.0120. The number of aliphatic imine (C=N–C) groups is 1. The number of amides is 2. The normalized spacial score (nSPS) is 25.0. The fourth-order valence-corrected chi connectivity index (χ4v) is 3.91. The van der Waals surface area contributed by atoms with Crippen LogP contribution in [0.1, 0.15) is 18.4 Å². The van der Waals surface area contributed by atoms with Crippen molar-refractivity contribution >= 4 is 23.7 Å². The molecule has 2 heterocycles. The number of nitrogens with two attached hydrogens (primary N) is 1. The Morgan fingerprint density at radius 2 is 2.04 bits per heavy atom. The van der Waals surface area contributed by atoms with Crippen molar-refractivity contribution in [2.24, 2.45) is 16.6 Å². The molecule has 3 rings (SSSR count). The van der Waals surface area contributed by atoms with Gasteiger partial charge in [0, 0.05) is 26.1 Å². The molecule has 0 radical (unpaired) electrons. The van der Waals surface area contributed by atoms with Gasteiger partial charge in [-0.05, 0) is 18.4 Å². The fraction of sp³-hybridized carbons (Fsp3) is 0.474. The van der Waals surface area contributed by atoms with E-state index in [1.165, 1.54) is 4.90 Å². The lowest BCUT2D eigenvalue weighted by atomic mass is 9.74. The van der Waals surface area contributed by atoms with Crippen molar-refractivity contribution in [3.63, 3.8) is 0 Å². The van der Waals surface area contributed by atoms with E-state index in [1.54, 1.807) is 11.9 Å². The second kappa shape index (κ2) is 7.97. The van der Waals surface area contributed by atoms with Gasteiger partial charge in [0.25, 0.3) is 5.91 Å². The average molecular weight is 388 g/mol. The molecule has 2 unspecified atom stereocenters. The molecule has 0 saturated carbocycles. The van der Waals surface area contributed by atoms with Gasteiger partial charge < -0.3 is 20.5 Å². The Bertz CT molecular complexity index is 797. The summed E-state index contributed by atoms with van der Waals surface area (Å²) >= 11 is 0. The Morgan fingerprint density at radius 3 is 2.64 bits per heavy atom. The van der Waals surface area contributed by atoms with Crippen LogP contribution in [0.4, 0.5) is 0 Å². The van der Waals surface area contributed by atoms with Gasteiger partial charge in [-0.15, -0.1) is 0 Å². The molecule has 28 heavy (non-hydrogen) atoms. The van der Waals surface area contributed by atoms with Gasteiger partial charge >= 0.3 is 5.97 Å². The van der Waals surface area contributed by atoms with Crippen LogP contribution in [0.3, 0.4) is 0 Å². The molecule has 2 atom stereocenters. The van der Waals surface area contributed by atoms with Gasteiger partial charge in [-0.25, -0.2) is 9.79 Å². The number of carboxylic acid groups (broad SMARTS) is 1. The molecule has 150 valence electrons. The van der Waals surface area contributed by atoms with Gasteiger partial charge in [0.15, 0.2) is 11.5 Å². The second-order valence-electron chi connectivity index (χ2n) is 7.03. The molecule has 0 spiro atoms. The third-order valence-electron chi connectivity index (χ3n) is 5.30. The average Bonchev–Trinajstić information content (AvgIpc) is 2.93. The molecule has 9 heteroatoms. The minimum absolute atomic E-state index is 0.155. The van der Waals surface area contributed by atoms with E-state index in [1.807, 2.05) is 30.3 Å². The zero-order chi connectivity index (χ0) is 20.3. The molecule has 1 aromatic carbocycles. The highest BCUT2D eigenvalue weighted by Gasteiger charge is 2.54. The lowest BCUT2D eigenvalue weighted by molar-refractivity contribution is -0.147. The molecular formula is C19H24N4O5. The zero-order valence-electron chi connectivity index (χ0n) is 15.7. The molecule has 1 saturated heterocycles. The molecular weight excluding hydrogens is 364 g/mol. The molecule has 1 aromatic rings. The molecule has 2 aliphatic heterocycles. The van der Waals surface area contributed by atoms with Crippen molar-refractivity contribution in [3.8, 4) is 0 Å². The number of hydrogen-bond donors (Lipinski definition) is 2. The maximum absolute atomic E-state index is 13.2. The topological polar surface area (TPSA) is 126 Å². The summed E-state index contributed by atoms with van der Waals surface area (Å²) in [6.07, 6.45) is 1.42. The van der Waals surface area contributed by atoms with Gasteiger partial charge in [0.2, 0.25) is 5.91 Å². The summed E-state index contributed by atoms with van der Waals surface area (Å²) in [5.74, 6) is -1.73. The lowest BCUT2D eigenvalue weighted by Crippen LogP contribution is -2.52. The number of guanidine groups is 1. The smallest absolute Gasteiger partial charge is 0.329 e. The van der Waals surface area contributed by atoms with Crippen LogP contribution in [-0.4, -0.2) is 72.0 Å². The van der Waals surface area contributed by atoms with Crippen molar-refractivity contribution in [1.82, 2.24) is 9.80 Å². The van der Waals surface area contributed by atoms with E-state index in [9.17, 15) is 14.4 Å². The van der Waals surface area contributed by atoms with Crippen molar-refractivity contribution in [2.45, 2.75) is 18.4 Å². The number of benzene rings is 1. The van der Waals surface area contributed by atoms with Crippen LogP contribution >= 0.6 is 0 Å². The molecule has 0 aromatic heterocycles. The summed E-state index contributed by atoms with van der Waals surface area (Å²) in [7, 11) is 1.59. The second-order valence-corrected chi connectivity index (χ2v) is 7.03. The number of carbonyl (C=O) groups excluding carboxylic acids is 2. The number of nitrogens with zero attached hydrogens (tertiary/aromatic N) is 3. The first-order valence-corrected chi connectivity index (χ1v) is 9.12. The highest BCUT2D eigenvalue weighted by molar-refractivity contribution is 6.07. The molecule has 2 amide bonds. The summed E-state index contributed by atoms with van der Waals surface area (Å²) in [6, 6.07) is 9.26. The number of carboxylic acids is 1. The number of carbonyl (C=O) groups is 3. The first kappa shape index (κ1) is 19.8. The Balaban J connectivity index is 1.85. The van der Waals surface area contributed by atoms with E-state index in [2.05, 4.69) is 4.99 Å². The Morgan fingerprint density at radius 1 is 1.32 bits per heavy atom. The number of likely N-dealkylation sites (N-methyl/N-ethyl adjacent to an activating group) is 1. The Hall–Kier alpha value is -2.94. The van der Waals surface area contributed by atoms with Crippen LogP contribution in [0.15, 0.2) is 35.3 Å². The summed E-state index contributed by atoms with van der Waals surface area (Å²) in [5, 5.41) is 8.64. The van der Waals surface area contributed by atoms with E-state index in [4.69, 9.17) is 15.6 Å². The predicted octanol–water partition coefficient (Wildman–Crippen LogP) is 0.00840. The number of rotatable bonds is 6. The summed E-state index contributed by atoms with van der Waals surface area (Å²) in [5.41, 5.74) is 5.55. The quantitative estimate of drug-likeness (QED) is 0.707. The van der Waals surface area contributed by atoms with Crippen LogP contribution in [-0.2, 0) is 24.7 Å². The van der Waals surface area contributed by atoms with Crippen LogP contribution in [0, 0.1) is 5.92 Å². The van der Waals surface area contributed by atoms with Crippen molar-refractivity contribution in [2.75, 3.05) is 33.4 Å². The Kier molecular flexibility index (Phi) is 5.64. The SMILES string of the molecule is CN1C(=O)C(c2ccccc2)(C2CCCN(C(=O)COCC(=O)O)C2)N=C1N. The third-order valence-corrected chi connectivity index (χ3v) is 5.30. The number of ether oxygens (including phenoxy) is 1. The standard InChI is InChI=1S/C19H24N4O5/c1-22-17(27)19(21-18(22)20,13-6-3-2-4-7-13)14-8-5-9-23(10-14)15(24)11-28-12-16(25)26/h2-4,6-7,14H,5,8-12H2,1H3,(H2,20,21)(H,25,26). The Labute approximate surface area is 162 Å². The van der Waals surface area contributed by atoms with E-state index in [-0.39, 0.29) is 30.3 Å². The van der Waals surface area contributed by atoms with Crippen molar-refractivity contribution in [1.29, 1.82) is 0 Å². The fourth-order valence-electron chi connectivity index (χ4n) is 3.91. The number of piperidine rings is 1. The molecule has 9 nitrogen and oxygen atoms in total. The first-order chi connectivity index (χ1) is 13.4. The maximum atomic E-state index is 13.2. The summed E-state index contributed by atoms with van der Waals surface area (Å²) < 4.78 is 4.92. The molecule has 2 aliphatic rings.